The number of aromatic nitrogens is 3. The molecule has 3 amide bonds. The number of nitrogens with zero attached hydrogens (tertiary/aromatic N) is 3. The van der Waals surface area contributed by atoms with Gasteiger partial charge in [0, 0.05) is 36.5 Å². The van der Waals surface area contributed by atoms with Gasteiger partial charge in [0.2, 0.25) is 5.91 Å². The molecule has 8 nitrogen and oxygen atoms in total. The van der Waals surface area contributed by atoms with Gasteiger partial charge in [-0.2, -0.15) is 0 Å². The standard InChI is InChI=1S/C23H20N6O2S/c1-2-24-22(31)29-23-27-18-11-14(10-16(20(18)32-23)17-5-3-4-8-25-17)15-9-13-6-7-19(30)28-21(13)26-12-15/h3-5,8-12H,2,6-7H2,1H3,(H,26,28,30)(H2,24,27,29,31). The second-order valence-corrected chi connectivity index (χ2v) is 8.37. The lowest BCUT2D eigenvalue weighted by molar-refractivity contribution is -0.116. The molecule has 160 valence electrons. The van der Waals surface area contributed by atoms with Crippen LogP contribution < -0.4 is 16.0 Å². The number of anilines is 2. The Morgan fingerprint density at radius 1 is 1.16 bits per heavy atom. The minimum absolute atomic E-state index is 0.00813. The molecule has 0 unspecified atom stereocenters. The van der Waals surface area contributed by atoms with Crippen LogP contribution in [-0.4, -0.2) is 33.4 Å². The molecule has 4 heterocycles. The van der Waals surface area contributed by atoms with Gasteiger partial charge in [-0.15, -0.1) is 0 Å². The molecule has 0 aliphatic carbocycles. The van der Waals surface area contributed by atoms with Crippen LogP contribution in [0.1, 0.15) is 18.9 Å². The van der Waals surface area contributed by atoms with Crippen molar-refractivity contribution in [2.75, 3.05) is 17.2 Å². The molecule has 0 saturated heterocycles. The molecule has 5 rings (SSSR count). The summed E-state index contributed by atoms with van der Waals surface area (Å²) in [6.45, 7) is 2.40. The Labute approximate surface area is 188 Å². The van der Waals surface area contributed by atoms with Gasteiger partial charge >= 0.3 is 6.03 Å². The van der Waals surface area contributed by atoms with Gasteiger partial charge in [-0.25, -0.2) is 14.8 Å². The number of pyridine rings is 2. The molecule has 1 aliphatic heterocycles. The van der Waals surface area contributed by atoms with Crippen molar-refractivity contribution in [3.63, 3.8) is 0 Å². The zero-order valence-corrected chi connectivity index (χ0v) is 18.1. The quantitative estimate of drug-likeness (QED) is 0.431. The summed E-state index contributed by atoms with van der Waals surface area (Å²) in [6, 6.07) is 11.6. The summed E-state index contributed by atoms with van der Waals surface area (Å²) < 4.78 is 0.942. The maximum absolute atomic E-state index is 12.0. The van der Waals surface area contributed by atoms with Gasteiger partial charge in [-0.3, -0.25) is 15.1 Å². The van der Waals surface area contributed by atoms with Crippen molar-refractivity contribution in [2.24, 2.45) is 0 Å². The summed E-state index contributed by atoms with van der Waals surface area (Å²) >= 11 is 1.41. The molecular formula is C23H20N6O2S. The summed E-state index contributed by atoms with van der Waals surface area (Å²) in [7, 11) is 0. The molecule has 1 aromatic carbocycles. The number of hydrogen-bond acceptors (Lipinski definition) is 6. The van der Waals surface area contributed by atoms with Crippen molar-refractivity contribution in [3.8, 4) is 22.4 Å². The molecule has 0 radical (unpaired) electrons. The first-order chi connectivity index (χ1) is 15.6. The lowest BCUT2D eigenvalue weighted by atomic mass is 9.98. The van der Waals surface area contributed by atoms with Gasteiger partial charge in [0.1, 0.15) is 5.82 Å². The Balaban J connectivity index is 1.62. The van der Waals surface area contributed by atoms with Gasteiger partial charge in [0.25, 0.3) is 0 Å². The molecule has 4 aromatic rings. The van der Waals surface area contributed by atoms with Crippen molar-refractivity contribution < 1.29 is 9.59 Å². The van der Waals surface area contributed by atoms with Crippen LogP contribution in [0.5, 0.6) is 0 Å². The van der Waals surface area contributed by atoms with E-state index in [1.165, 1.54) is 11.3 Å². The third-order valence-electron chi connectivity index (χ3n) is 5.17. The molecule has 0 saturated carbocycles. The predicted molar refractivity (Wildman–Crippen MR) is 126 cm³/mol. The Morgan fingerprint density at radius 2 is 2.06 bits per heavy atom. The maximum Gasteiger partial charge on any atom is 0.321 e. The largest absolute Gasteiger partial charge is 0.338 e. The minimum Gasteiger partial charge on any atom is -0.338 e. The molecule has 0 bridgehead atoms. The zero-order chi connectivity index (χ0) is 22.1. The predicted octanol–water partition coefficient (Wildman–Crippen LogP) is 4.45. The average molecular weight is 445 g/mol. The van der Waals surface area contributed by atoms with E-state index in [1.54, 1.807) is 12.4 Å². The van der Waals surface area contributed by atoms with E-state index >= 15 is 0 Å². The summed E-state index contributed by atoms with van der Waals surface area (Å²) in [5, 5.41) is 8.86. The van der Waals surface area contributed by atoms with E-state index < -0.39 is 0 Å². The Bertz CT molecular complexity index is 1340. The monoisotopic (exact) mass is 444 g/mol. The van der Waals surface area contributed by atoms with Gasteiger partial charge in [-0.05, 0) is 54.8 Å². The number of benzene rings is 1. The number of fused-ring (bicyclic) bond motifs is 2. The first-order valence-corrected chi connectivity index (χ1v) is 11.1. The number of nitrogens with one attached hydrogen (secondary N) is 3. The highest BCUT2D eigenvalue weighted by atomic mass is 32.1. The fraction of sp³-hybridized carbons (Fsp3) is 0.174. The number of thiazole rings is 1. The van der Waals surface area contributed by atoms with E-state index in [4.69, 9.17) is 0 Å². The van der Waals surface area contributed by atoms with Crippen LogP contribution in [0.3, 0.4) is 0 Å². The number of carbonyl (C=O) groups excluding carboxylic acids is 2. The Kier molecular flexibility index (Phi) is 5.24. The van der Waals surface area contributed by atoms with Gasteiger partial charge in [0.15, 0.2) is 5.13 Å². The summed E-state index contributed by atoms with van der Waals surface area (Å²) in [5.41, 5.74) is 5.42. The number of urea groups is 1. The van der Waals surface area contributed by atoms with Crippen molar-refractivity contribution >= 4 is 44.4 Å². The van der Waals surface area contributed by atoms with E-state index in [2.05, 4.69) is 43.0 Å². The smallest absolute Gasteiger partial charge is 0.321 e. The number of amides is 3. The van der Waals surface area contributed by atoms with Crippen molar-refractivity contribution in [1.82, 2.24) is 20.3 Å². The van der Waals surface area contributed by atoms with Crippen LogP contribution in [0.4, 0.5) is 15.7 Å². The van der Waals surface area contributed by atoms with Crippen LogP contribution in [0.2, 0.25) is 0 Å². The topological polar surface area (TPSA) is 109 Å². The molecule has 0 fully saturated rings. The molecule has 32 heavy (non-hydrogen) atoms. The van der Waals surface area contributed by atoms with E-state index in [0.29, 0.717) is 30.3 Å². The zero-order valence-electron chi connectivity index (χ0n) is 17.3. The van der Waals surface area contributed by atoms with Gasteiger partial charge in [-0.1, -0.05) is 17.4 Å². The number of rotatable bonds is 4. The van der Waals surface area contributed by atoms with Crippen LogP contribution in [-0.2, 0) is 11.2 Å². The normalized spacial score (nSPS) is 12.8. The van der Waals surface area contributed by atoms with E-state index in [-0.39, 0.29) is 11.9 Å². The van der Waals surface area contributed by atoms with Crippen molar-refractivity contribution in [1.29, 1.82) is 0 Å². The second kappa shape index (κ2) is 8.35. The summed E-state index contributed by atoms with van der Waals surface area (Å²) in [5.74, 6) is 0.615. The molecule has 3 N–H and O–H groups in total. The van der Waals surface area contributed by atoms with Gasteiger partial charge in [0.05, 0.1) is 15.9 Å². The molecule has 3 aromatic heterocycles. The van der Waals surface area contributed by atoms with Crippen LogP contribution in [0, 0.1) is 0 Å². The van der Waals surface area contributed by atoms with E-state index in [9.17, 15) is 9.59 Å². The highest BCUT2D eigenvalue weighted by Crippen LogP contribution is 2.38. The Hall–Kier alpha value is -3.85. The highest BCUT2D eigenvalue weighted by molar-refractivity contribution is 7.22. The van der Waals surface area contributed by atoms with Crippen LogP contribution in [0.15, 0.2) is 48.8 Å². The van der Waals surface area contributed by atoms with E-state index in [0.717, 1.165) is 38.2 Å². The summed E-state index contributed by atoms with van der Waals surface area (Å²) in [4.78, 5) is 37.3. The maximum atomic E-state index is 12.0. The molecule has 1 aliphatic rings. The molecule has 0 atom stereocenters. The van der Waals surface area contributed by atoms with Crippen molar-refractivity contribution in [2.45, 2.75) is 19.8 Å². The van der Waals surface area contributed by atoms with Crippen LogP contribution in [0.25, 0.3) is 32.6 Å². The van der Waals surface area contributed by atoms with Gasteiger partial charge < -0.3 is 10.6 Å². The Morgan fingerprint density at radius 3 is 2.88 bits per heavy atom. The molecule has 0 spiro atoms. The second-order valence-electron chi connectivity index (χ2n) is 7.37. The van der Waals surface area contributed by atoms with Crippen LogP contribution >= 0.6 is 11.3 Å². The number of aryl methyl sites for hydroxylation is 1. The average Bonchev–Trinajstić information content (AvgIpc) is 3.21. The first kappa shape index (κ1) is 20.1. The third kappa shape index (κ3) is 3.90. The lowest BCUT2D eigenvalue weighted by Gasteiger charge is -2.16. The van der Waals surface area contributed by atoms with E-state index in [1.807, 2.05) is 31.2 Å². The fourth-order valence-corrected chi connectivity index (χ4v) is 4.64. The third-order valence-corrected chi connectivity index (χ3v) is 6.19. The SMILES string of the molecule is CCNC(=O)Nc1nc2cc(-c3cnc4c(c3)CCC(=O)N4)cc(-c3ccccn3)c2s1. The van der Waals surface area contributed by atoms with Crippen molar-refractivity contribution in [3.05, 3.63) is 54.4 Å². The minimum atomic E-state index is -0.285. The molecular weight excluding hydrogens is 424 g/mol. The lowest BCUT2D eigenvalue weighted by Crippen LogP contribution is -2.28. The summed E-state index contributed by atoms with van der Waals surface area (Å²) in [6.07, 6.45) is 4.63. The first-order valence-electron chi connectivity index (χ1n) is 10.3. The highest BCUT2D eigenvalue weighted by Gasteiger charge is 2.19. The number of carbonyl (C=O) groups is 2. The fourth-order valence-electron chi connectivity index (χ4n) is 3.68. The molecule has 9 heteroatoms. The number of hydrogen-bond donors (Lipinski definition) is 3.